The van der Waals surface area contributed by atoms with Gasteiger partial charge in [-0.05, 0) is 56.2 Å². The van der Waals surface area contributed by atoms with E-state index in [0.717, 1.165) is 5.39 Å². The maximum atomic E-state index is 16.5. The second kappa shape index (κ2) is 16.4. The molecule has 0 atom stereocenters. The minimum atomic E-state index is -2.73. The third-order valence-corrected chi connectivity index (χ3v) is 25.6. The molecular weight excluding hydrogens is 832 g/mol. The van der Waals surface area contributed by atoms with Gasteiger partial charge in [-0.2, -0.15) is 0 Å². The lowest BCUT2D eigenvalue weighted by Crippen LogP contribution is -2.43. The van der Waals surface area contributed by atoms with Crippen LogP contribution in [0, 0.1) is 75.3 Å². The monoisotopic (exact) mass is 880 g/mol. The van der Waals surface area contributed by atoms with E-state index in [-0.39, 0.29) is 55.0 Å². The van der Waals surface area contributed by atoms with Crippen LogP contribution < -0.4 is 10.2 Å². The second-order valence-electron chi connectivity index (χ2n) is 17.9. The first kappa shape index (κ1) is 45.7. The normalized spacial score (nSPS) is 13.1. The van der Waals surface area contributed by atoms with Gasteiger partial charge in [0.15, 0.2) is 46.5 Å². The lowest BCUT2D eigenvalue weighted by atomic mass is 9.90. The Bertz CT molecular complexity index is 2640. The van der Waals surface area contributed by atoms with Gasteiger partial charge in [0.1, 0.15) is 33.2 Å². The van der Waals surface area contributed by atoms with Gasteiger partial charge in [0.05, 0.1) is 22.5 Å². The number of hydrogen-bond acceptors (Lipinski definition) is 2. The highest BCUT2D eigenvalue weighted by atomic mass is 28.3. The number of nitrogens with zero attached hydrogens (tertiary/aromatic N) is 1. The molecule has 61 heavy (non-hydrogen) atoms. The predicted octanol–water partition coefficient (Wildman–Crippen LogP) is 15.9. The zero-order chi connectivity index (χ0) is 45.4. The summed E-state index contributed by atoms with van der Waals surface area (Å²) >= 11 is 0. The first-order valence-electron chi connectivity index (χ1n) is 20.5. The van der Waals surface area contributed by atoms with E-state index in [4.69, 9.17) is 0 Å². The van der Waals surface area contributed by atoms with Crippen LogP contribution in [0.15, 0.2) is 36.4 Å². The minimum absolute atomic E-state index is 0.0444. The lowest BCUT2D eigenvalue weighted by molar-refractivity contribution is 0.380. The highest BCUT2D eigenvalue weighted by molar-refractivity contribution is 6.91. The van der Waals surface area contributed by atoms with Crippen molar-refractivity contribution in [3.63, 3.8) is 0 Å². The largest absolute Gasteiger partial charge is 0.348 e. The Kier molecular flexibility index (Phi) is 12.3. The molecule has 322 valence electrons. The number of rotatable bonds is 7. The Morgan fingerprint density at radius 1 is 0.426 bits per heavy atom. The van der Waals surface area contributed by atoms with Gasteiger partial charge >= 0.3 is 0 Å². The standard InChI is InChI=1S/C48H49F9N2Si2/c1-23(2)60(24(3)4,25(5)6)19-17-31-33-21-29-15-13-14-16-30(29)22-34(33)32(18-20-61(26(7)8,27(9)10)28(11)12)46-44(31)58-45-40(54)36(50)39(53)43(57)48(45)59(46)47-41(55)37(51)35(49)38(52)42(47)56/h13-16,21-28,58H,1-12H3. The summed E-state index contributed by atoms with van der Waals surface area (Å²) in [5.74, 6) is -14.3. The number of halogens is 9. The van der Waals surface area contributed by atoms with Gasteiger partial charge in [-0.25, -0.2) is 39.5 Å². The molecule has 0 aliphatic carbocycles. The second-order valence-corrected chi connectivity index (χ2v) is 29.0. The molecule has 1 N–H and O–H groups in total. The smallest absolute Gasteiger partial charge is 0.200 e. The Labute approximate surface area is 353 Å². The maximum Gasteiger partial charge on any atom is 0.200 e. The summed E-state index contributed by atoms with van der Waals surface area (Å²) < 4.78 is 142. The van der Waals surface area contributed by atoms with Gasteiger partial charge in [0.2, 0.25) is 5.82 Å². The first-order chi connectivity index (χ1) is 28.5. The van der Waals surface area contributed by atoms with E-state index in [9.17, 15) is 4.39 Å². The van der Waals surface area contributed by atoms with Crippen LogP contribution in [-0.4, -0.2) is 16.1 Å². The van der Waals surface area contributed by atoms with Crippen molar-refractivity contribution in [1.82, 2.24) is 0 Å². The summed E-state index contributed by atoms with van der Waals surface area (Å²) in [5, 5.41) is 4.84. The molecule has 0 amide bonds. The number of benzene rings is 5. The van der Waals surface area contributed by atoms with E-state index in [1.54, 1.807) is 12.1 Å². The Balaban J connectivity index is 2.00. The highest BCUT2D eigenvalue weighted by Crippen LogP contribution is 2.57. The number of fused-ring (bicyclic) bond motifs is 4. The summed E-state index contributed by atoms with van der Waals surface area (Å²) in [6, 6.07) is 10.8. The molecule has 0 saturated heterocycles. The molecule has 13 heteroatoms. The lowest BCUT2D eigenvalue weighted by Gasteiger charge is -2.39. The molecule has 0 unspecified atom stereocenters. The molecule has 1 aliphatic heterocycles. The zero-order valence-corrected chi connectivity index (χ0v) is 38.3. The SMILES string of the molecule is CC(C)[Si](C#Cc1c2c(c(C#C[Si](C(C)C)(C(C)C)C(C)C)c3cc4ccccc4cc13)N(c1c(F)c(F)c(F)c(F)c1F)c1c(F)c(F)c(F)c(F)c1N2)(C(C)C)C(C)C. The van der Waals surface area contributed by atoms with Crippen LogP contribution in [0.4, 0.5) is 68.0 Å². The molecule has 1 heterocycles. The third kappa shape index (κ3) is 6.91. The van der Waals surface area contributed by atoms with Crippen molar-refractivity contribution in [3.8, 4) is 22.9 Å². The summed E-state index contributed by atoms with van der Waals surface area (Å²) in [4.78, 5) is 0.254. The third-order valence-electron chi connectivity index (χ3n) is 13.0. The number of hydrogen-bond donors (Lipinski definition) is 1. The maximum absolute atomic E-state index is 16.5. The van der Waals surface area contributed by atoms with Crippen molar-refractivity contribution >= 4 is 66.1 Å². The Morgan fingerprint density at radius 2 is 0.770 bits per heavy atom. The van der Waals surface area contributed by atoms with E-state index < -0.39 is 91.3 Å². The Hall–Kier alpha value is -4.86. The Morgan fingerprint density at radius 3 is 1.18 bits per heavy atom. The molecule has 0 aromatic heterocycles. The summed E-state index contributed by atoms with van der Waals surface area (Å²) in [6.07, 6.45) is 0. The van der Waals surface area contributed by atoms with Gasteiger partial charge in [0, 0.05) is 10.8 Å². The van der Waals surface area contributed by atoms with Crippen molar-refractivity contribution in [2.75, 3.05) is 10.2 Å². The van der Waals surface area contributed by atoms with Gasteiger partial charge in [-0.1, -0.05) is 119 Å². The van der Waals surface area contributed by atoms with E-state index >= 15 is 35.1 Å². The molecule has 5 aromatic carbocycles. The van der Waals surface area contributed by atoms with Crippen LogP contribution in [0.25, 0.3) is 21.5 Å². The molecule has 0 radical (unpaired) electrons. The van der Waals surface area contributed by atoms with Crippen LogP contribution in [-0.2, 0) is 0 Å². The number of anilines is 5. The van der Waals surface area contributed by atoms with E-state index in [2.05, 4.69) is 69.8 Å². The van der Waals surface area contributed by atoms with Crippen LogP contribution in [0.2, 0.25) is 33.2 Å². The average molecular weight is 881 g/mol. The van der Waals surface area contributed by atoms with Crippen LogP contribution in [0.1, 0.15) is 94.2 Å². The van der Waals surface area contributed by atoms with Gasteiger partial charge in [0.25, 0.3) is 0 Å². The summed E-state index contributed by atoms with van der Waals surface area (Å²) in [7, 11) is -5.37. The number of nitrogens with one attached hydrogen (secondary N) is 1. The minimum Gasteiger partial charge on any atom is -0.348 e. The van der Waals surface area contributed by atoms with Crippen molar-refractivity contribution in [2.24, 2.45) is 0 Å². The fourth-order valence-electron chi connectivity index (χ4n) is 10.2. The first-order valence-corrected chi connectivity index (χ1v) is 25.0. The molecule has 5 aromatic rings. The molecule has 0 spiro atoms. The molecule has 2 nitrogen and oxygen atoms in total. The van der Waals surface area contributed by atoms with E-state index in [1.807, 2.05) is 65.8 Å². The van der Waals surface area contributed by atoms with E-state index in [1.165, 1.54) is 0 Å². The quantitative estimate of drug-likeness (QED) is 0.0429. The molecule has 1 aliphatic rings. The predicted molar refractivity (Wildman–Crippen MR) is 235 cm³/mol. The van der Waals surface area contributed by atoms with Crippen molar-refractivity contribution in [1.29, 1.82) is 0 Å². The molecule has 6 rings (SSSR count). The molecule has 0 bridgehead atoms. The average Bonchev–Trinajstić information content (AvgIpc) is 3.19. The molecular formula is C48H49F9N2Si2. The van der Waals surface area contributed by atoms with Crippen LogP contribution >= 0.6 is 0 Å². The summed E-state index contributed by atoms with van der Waals surface area (Å²) in [6.45, 7) is 24.7. The van der Waals surface area contributed by atoms with Gasteiger partial charge in [-0.3, -0.25) is 4.90 Å². The fourth-order valence-corrected chi connectivity index (χ4v) is 20.6. The topological polar surface area (TPSA) is 15.3 Å². The van der Waals surface area contributed by atoms with Gasteiger partial charge in [-0.15, -0.1) is 11.1 Å². The fraction of sp³-hybridized carbons (Fsp3) is 0.375. The van der Waals surface area contributed by atoms with Crippen LogP contribution in [0.5, 0.6) is 0 Å². The highest BCUT2D eigenvalue weighted by Gasteiger charge is 2.45. The molecule has 0 fully saturated rings. The van der Waals surface area contributed by atoms with E-state index in [0.29, 0.717) is 16.2 Å². The zero-order valence-electron chi connectivity index (χ0n) is 36.3. The van der Waals surface area contributed by atoms with Gasteiger partial charge < -0.3 is 5.32 Å². The molecule has 0 saturated carbocycles. The van der Waals surface area contributed by atoms with Crippen molar-refractivity contribution in [2.45, 2.75) is 116 Å². The van der Waals surface area contributed by atoms with Crippen LogP contribution in [0.3, 0.4) is 0 Å². The van der Waals surface area contributed by atoms with Crippen molar-refractivity contribution < 1.29 is 39.5 Å². The van der Waals surface area contributed by atoms with Crippen molar-refractivity contribution in [3.05, 3.63) is 99.9 Å². The summed E-state index contributed by atoms with van der Waals surface area (Å²) in [5.41, 5.74) is 2.62.